The molecule has 1 aliphatic heterocycles. The van der Waals surface area contributed by atoms with Crippen molar-refractivity contribution in [2.45, 2.75) is 39.2 Å². The summed E-state index contributed by atoms with van der Waals surface area (Å²) in [5.41, 5.74) is -0.362. The quantitative estimate of drug-likeness (QED) is 0.596. The number of fused-ring (bicyclic) bond motifs is 1. The van der Waals surface area contributed by atoms with Gasteiger partial charge in [-0.25, -0.2) is 4.79 Å². The van der Waals surface area contributed by atoms with Crippen LogP contribution in [0.2, 0.25) is 0 Å². The second kappa shape index (κ2) is 3.14. The number of ether oxygens (including phenoxy) is 1. The first-order valence-corrected chi connectivity index (χ1v) is 5.43. The molecule has 3 heteroatoms. The molecule has 2 rings (SSSR count). The molecular formula is C11H19NO2. The molecule has 1 aliphatic carbocycles. The summed E-state index contributed by atoms with van der Waals surface area (Å²) in [4.78, 5) is 13.6. The second-order valence-electron chi connectivity index (χ2n) is 5.48. The van der Waals surface area contributed by atoms with Crippen LogP contribution in [-0.4, -0.2) is 29.7 Å². The van der Waals surface area contributed by atoms with Gasteiger partial charge in [0.05, 0.1) is 0 Å². The third-order valence-electron chi connectivity index (χ3n) is 3.14. The summed E-state index contributed by atoms with van der Waals surface area (Å²) < 4.78 is 5.33. The number of hydrogen-bond acceptors (Lipinski definition) is 2. The molecule has 3 nitrogen and oxygen atoms in total. The fourth-order valence-electron chi connectivity index (χ4n) is 2.24. The summed E-state index contributed by atoms with van der Waals surface area (Å²) in [7, 11) is 0. The predicted octanol–water partition coefficient (Wildman–Crippen LogP) is 2.26. The molecule has 2 atom stereocenters. The maximum Gasteiger partial charge on any atom is 0.410 e. The fourth-order valence-corrected chi connectivity index (χ4v) is 2.24. The van der Waals surface area contributed by atoms with Crippen molar-refractivity contribution in [2.75, 3.05) is 13.1 Å². The Hall–Kier alpha value is -0.730. The maximum absolute atomic E-state index is 11.7. The monoisotopic (exact) mass is 197 g/mol. The van der Waals surface area contributed by atoms with Crippen molar-refractivity contribution in [3.63, 3.8) is 0 Å². The van der Waals surface area contributed by atoms with E-state index in [1.54, 1.807) is 0 Å². The molecule has 1 amide bonds. The van der Waals surface area contributed by atoms with E-state index in [1.165, 1.54) is 12.8 Å². The van der Waals surface area contributed by atoms with Gasteiger partial charge in [0.25, 0.3) is 0 Å². The largest absolute Gasteiger partial charge is 0.444 e. The smallest absolute Gasteiger partial charge is 0.410 e. The van der Waals surface area contributed by atoms with Gasteiger partial charge in [-0.1, -0.05) is 0 Å². The third-order valence-corrected chi connectivity index (χ3v) is 3.14. The first-order chi connectivity index (χ1) is 6.46. The van der Waals surface area contributed by atoms with Crippen LogP contribution in [0.15, 0.2) is 0 Å². The van der Waals surface area contributed by atoms with E-state index >= 15 is 0 Å². The lowest BCUT2D eigenvalue weighted by atomic mass is 9.77. The Morgan fingerprint density at radius 3 is 2.07 bits per heavy atom. The first-order valence-electron chi connectivity index (χ1n) is 5.43. The van der Waals surface area contributed by atoms with Crippen LogP contribution in [0.3, 0.4) is 0 Å². The van der Waals surface area contributed by atoms with E-state index in [1.807, 2.05) is 25.7 Å². The highest BCUT2D eigenvalue weighted by Gasteiger charge is 2.42. The van der Waals surface area contributed by atoms with Crippen LogP contribution in [0, 0.1) is 11.8 Å². The Morgan fingerprint density at radius 1 is 1.21 bits per heavy atom. The van der Waals surface area contributed by atoms with E-state index in [4.69, 9.17) is 4.74 Å². The average Bonchev–Trinajstić information content (AvgIpc) is 2.24. The van der Waals surface area contributed by atoms with E-state index in [0.29, 0.717) is 0 Å². The fraction of sp³-hybridized carbons (Fsp3) is 0.909. The normalized spacial score (nSPS) is 30.9. The lowest BCUT2D eigenvalue weighted by Gasteiger charge is -2.27. The number of hydrogen-bond donors (Lipinski definition) is 0. The highest BCUT2D eigenvalue weighted by molar-refractivity contribution is 5.68. The summed E-state index contributed by atoms with van der Waals surface area (Å²) in [6.07, 6.45) is 2.46. The number of carbonyl (C=O) groups excluding carboxylic acids is 1. The van der Waals surface area contributed by atoms with Gasteiger partial charge in [0.15, 0.2) is 0 Å². The van der Waals surface area contributed by atoms with Crippen LogP contribution in [0.4, 0.5) is 4.79 Å². The molecule has 0 aromatic heterocycles. The van der Waals surface area contributed by atoms with Gasteiger partial charge in [-0.2, -0.15) is 0 Å². The van der Waals surface area contributed by atoms with Crippen molar-refractivity contribution in [2.24, 2.45) is 11.8 Å². The number of nitrogens with zero attached hydrogens (tertiary/aromatic N) is 1. The van der Waals surface area contributed by atoms with Gasteiger partial charge in [0.2, 0.25) is 0 Å². The number of likely N-dealkylation sites (tertiary alicyclic amines) is 1. The minimum atomic E-state index is -0.362. The first kappa shape index (κ1) is 9.81. The number of carbonyl (C=O) groups is 1. The summed E-state index contributed by atoms with van der Waals surface area (Å²) in [5.74, 6) is 1.53. The lowest BCUT2D eigenvalue weighted by molar-refractivity contribution is 0.0288. The third kappa shape index (κ3) is 1.86. The molecule has 0 radical (unpaired) electrons. The number of amides is 1. The van der Waals surface area contributed by atoms with Gasteiger partial charge >= 0.3 is 6.09 Å². The second-order valence-corrected chi connectivity index (χ2v) is 5.48. The highest BCUT2D eigenvalue weighted by atomic mass is 16.6. The van der Waals surface area contributed by atoms with Crippen LogP contribution in [0.1, 0.15) is 33.6 Å². The topological polar surface area (TPSA) is 29.5 Å². The molecule has 2 fully saturated rings. The maximum atomic E-state index is 11.7. The Labute approximate surface area is 85.4 Å². The Bertz CT molecular complexity index is 232. The van der Waals surface area contributed by atoms with E-state index in [-0.39, 0.29) is 11.7 Å². The van der Waals surface area contributed by atoms with Crippen LogP contribution in [0.5, 0.6) is 0 Å². The van der Waals surface area contributed by atoms with Crippen LogP contribution < -0.4 is 0 Å². The van der Waals surface area contributed by atoms with E-state index in [0.717, 1.165) is 24.9 Å². The zero-order chi connectivity index (χ0) is 10.3. The minimum Gasteiger partial charge on any atom is -0.444 e. The molecule has 0 aromatic rings. The molecule has 1 heterocycles. The van der Waals surface area contributed by atoms with Crippen molar-refractivity contribution in [1.82, 2.24) is 4.90 Å². The summed E-state index contributed by atoms with van der Waals surface area (Å²) in [6.45, 7) is 7.57. The molecule has 1 saturated carbocycles. The zero-order valence-electron chi connectivity index (χ0n) is 9.25. The van der Waals surface area contributed by atoms with Gasteiger partial charge < -0.3 is 9.64 Å². The Kier molecular flexibility index (Phi) is 2.20. The van der Waals surface area contributed by atoms with Crippen molar-refractivity contribution in [3.8, 4) is 0 Å². The Balaban J connectivity index is 1.87. The van der Waals surface area contributed by atoms with Gasteiger partial charge in [0, 0.05) is 13.1 Å². The SMILES string of the molecule is CC(C)(C)OC(=O)N1C[C@H]2CC[C@H]2C1. The minimum absolute atomic E-state index is 0.132. The summed E-state index contributed by atoms with van der Waals surface area (Å²) in [5, 5.41) is 0. The molecule has 1 saturated heterocycles. The van der Waals surface area contributed by atoms with E-state index in [2.05, 4.69) is 0 Å². The average molecular weight is 197 g/mol. The molecule has 0 N–H and O–H groups in total. The lowest BCUT2D eigenvalue weighted by Crippen LogP contribution is -2.35. The molecule has 0 unspecified atom stereocenters. The van der Waals surface area contributed by atoms with E-state index in [9.17, 15) is 4.79 Å². The van der Waals surface area contributed by atoms with Crippen LogP contribution >= 0.6 is 0 Å². The molecule has 0 aromatic carbocycles. The molecule has 14 heavy (non-hydrogen) atoms. The van der Waals surface area contributed by atoms with Crippen molar-refractivity contribution in [3.05, 3.63) is 0 Å². The van der Waals surface area contributed by atoms with E-state index < -0.39 is 0 Å². The molecule has 0 bridgehead atoms. The van der Waals surface area contributed by atoms with Crippen molar-refractivity contribution >= 4 is 6.09 Å². The van der Waals surface area contributed by atoms with Gasteiger partial charge in [-0.15, -0.1) is 0 Å². The van der Waals surface area contributed by atoms with Crippen LogP contribution in [-0.2, 0) is 4.74 Å². The molecular weight excluding hydrogens is 178 g/mol. The highest BCUT2D eigenvalue weighted by Crippen LogP contribution is 2.40. The molecule has 0 spiro atoms. The summed E-state index contributed by atoms with van der Waals surface area (Å²) in [6, 6.07) is 0. The Morgan fingerprint density at radius 2 is 1.71 bits per heavy atom. The number of rotatable bonds is 0. The summed E-state index contributed by atoms with van der Waals surface area (Å²) >= 11 is 0. The van der Waals surface area contributed by atoms with Crippen LogP contribution in [0.25, 0.3) is 0 Å². The van der Waals surface area contributed by atoms with Crippen molar-refractivity contribution < 1.29 is 9.53 Å². The van der Waals surface area contributed by atoms with Gasteiger partial charge in [-0.3, -0.25) is 0 Å². The van der Waals surface area contributed by atoms with Crippen molar-refractivity contribution in [1.29, 1.82) is 0 Å². The zero-order valence-corrected chi connectivity index (χ0v) is 9.25. The molecule has 80 valence electrons. The molecule has 2 aliphatic rings. The predicted molar refractivity (Wildman–Crippen MR) is 54.0 cm³/mol. The van der Waals surface area contributed by atoms with Gasteiger partial charge in [0.1, 0.15) is 5.60 Å². The standard InChI is InChI=1S/C11H19NO2/c1-11(2,3)14-10(13)12-6-8-4-5-9(8)7-12/h8-9H,4-7H2,1-3H3/t8-,9+. The van der Waals surface area contributed by atoms with Gasteiger partial charge in [-0.05, 0) is 45.4 Å².